The van der Waals surface area contributed by atoms with Gasteiger partial charge in [0.15, 0.2) is 5.65 Å². The van der Waals surface area contributed by atoms with Crippen LogP contribution in [0.1, 0.15) is 22.5 Å². The molecule has 2 amide bonds. The van der Waals surface area contributed by atoms with E-state index in [2.05, 4.69) is 25.6 Å². The quantitative estimate of drug-likeness (QED) is 0.279. The molecule has 0 saturated carbocycles. The Kier molecular flexibility index (Phi) is 6.42. The zero-order valence-electron chi connectivity index (χ0n) is 15.9. The summed E-state index contributed by atoms with van der Waals surface area (Å²) in [4.78, 5) is 44.3. The number of anilines is 1. The van der Waals surface area contributed by atoms with Crippen LogP contribution in [-0.2, 0) is 11.2 Å². The molecule has 11 heteroatoms. The number of H-pyrrole nitrogens is 2. The molecule has 10 nitrogen and oxygen atoms in total. The first-order valence-electron chi connectivity index (χ1n) is 9.17. The van der Waals surface area contributed by atoms with Crippen molar-refractivity contribution in [1.29, 1.82) is 0 Å². The number of carbonyl (C=O) groups is 2. The van der Waals surface area contributed by atoms with Gasteiger partial charge in [-0.2, -0.15) is 0 Å². The predicted molar refractivity (Wildman–Crippen MR) is 107 cm³/mol. The van der Waals surface area contributed by atoms with Crippen LogP contribution in [0.3, 0.4) is 0 Å². The van der Waals surface area contributed by atoms with E-state index in [-0.39, 0.29) is 42.4 Å². The fraction of sp³-hybridized carbons (Fsp3) is 0.263. The highest BCUT2D eigenvalue weighted by atomic mass is 19.1. The molecule has 158 valence electrons. The van der Waals surface area contributed by atoms with Crippen LogP contribution in [0, 0.1) is 5.82 Å². The molecule has 0 aliphatic heterocycles. The number of imidazole rings is 1. The van der Waals surface area contributed by atoms with E-state index in [9.17, 15) is 23.9 Å². The number of pyridine rings is 1. The van der Waals surface area contributed by atoms with Gasteiger partial charge >= 0.3 is 5.69 Å². The Balaban J connectivity index is 1.40. The summed E-state index contributed by atoms with van der Waals surface area (Å²) in [5, 5.41) is 15.0. The molecular weight excluding hydrogens is 395 g/mol. The number of hydrogen-bond acceptors (Lipinski definition) is 6. The number of aromatic amines is 2. The van der Waals surface area contributed by atoms with Crippen molar-refractivity contribution in [3.8, 4) is 0 Å². The standard InChI is InChI=1S/C19H21FN6O4/c20-12-7-10(1-3-13(12)21)2-6-16(28)22-8-11(27)9-23-18(29)15-5-4-14-17(24-15)26-19(30)25-14/h1,3-5,7,11,27H,2,6,8-9,21H2,(H,22,28)(H,23,29)(H2,24,25,26,30). The molecule has 1 aromatic carbocycles. The molecule has 0 fully saturated rings. The third-order valence-electron chi connectivity index (χ3n) is 4.35. The van der Waals surface area contributed by atoms with Gasteiger partial charge in [0, 0.05) is 19.5 Å². The van der Waals surface area contributed by atoms with E-state index in [0.29, 0.717) is 17.5 Å². The number of rotatable bonds is 8. The average molecular weight is 416 g/mol. The molecule has 3 rings (SSSR count). The van der Waals surface area contributed by atoms with Gasteiger partial charge in [-0.3, -0.25) is 14.6 Å². The maximum atomic E-state index is 13.4. The summed E-state index contributed by atoms with van der Waals surface area (Å²) in [6.07, 6.45) is -0.574. The number of benzene rings is 1. The fourth-order valence-corrected chi connectivity index (χ4v) is 2.72. The SMILES string of the molecule is Nc1ccc(CCC(=O)NCC(O)CNC(=O)c2ccc3[nH]c(=O)[nH]c3n2)cc1F. The van der Waals surface area contributed by atoms with Crippen molar-refractivity contribution in [3.63, 3.8) is 0 Å². The van der Waals surface area contributed by atoms with Gasteiger partial charge in [0.25, 0.3) is 5.91 Å². The van der Waals surface area contributed by atoms with E-state index in [1.54, 1.807) is 12.1 Å². The minimum absolute atomic E-state index is 0.0462. The maximum Gasteiger partial charge on any atom is 0.325 e. The number of nitrogens with two attached hydrogens (primary N) is 1. The molecule has 2 heterocycles. The van der Waals surface area contributed by atoms with Crippen LogP contribution in [0.5, 0.6) is 0 Å². The molecule has 0 bridgehead atoms. The molecule has 0 spiro atoms. The Morgan fingerprint density at radius 3 is 2.70 bits per heavy atom. The number of amides is 2. The first-order chi connectivity index (χ1) is 14.3. The third kappa shape index (κ3) is 5.41. The second-order valence-electron chi connectivity index (χ2n) is 6.70. The summed E-state index contributed by atoms with van der Waals surface area (Å²) in [5.74, 6) is -1.38. The number of carbonyl (C=O) groups excluding carboxylic acids is 2. The van der Waals surface area contributed by atoms with E-state index in [1.807, 2.05) is 0 Å². The molecule has 2 aromatic heterocycles. The Morgan fingerprint density at radius 1 is 1.17 bits per heavy atom. The lowest BCUT2D eigenvalue weighted by atomic mass is 10.1. The highest BCUT2D eigenvalue weighted by molar-refractivity contribution is 5.94. The van der Waals surface area contributed by atoms with Gasteiger partial charge in [-0.15, -0.1) is 0 Å². The van der Waals surface area contributed by atoms with Crippen molar-refractivity contribution in [2.24, 2.45) is 0 Å². The molecule has 0 aliphatic rings. The summed E-state index contributed by atoms with van der Waals surface area (Å²) in [7, 11) is 0. The van der Waals surface area contributed by atoms with Crippen molar-refractivity contribution in [1.82, 2.24) is 25.6 Å². The number of nitrogens with one attached hydrogen (secondary N) is 4. The Hall–Kier alpha value is -3.73. The van der Waals surface area contributed by atoms with Crippen molar-refractivity contribution >= 4 is 28.7 Å². The van der Waals surface area contributed by atoms with Gasteiger partial charge in [-0.05, 0) is 36.2 Å². The normalized spacial score (nSPS) is 11.9. The molecule has 0 saturated heterocycles. The Bertz CT molecular complexity index is 1130. The summed E-state index contributed by atoms with van der Waals surface area (Å²) in [6.45, 7) is -0.168. The number of aryl methyl sites for hydroxylation is 1. The minimum Gasteiger partial charge on any atom is -0.396 e. The van der Waals surface area contributed by atoms with Crippen LogP contribution in [-0.4, -0.2) is 51.1 Å². The number of fused-ring (bicyclic) bond motifs is 1. The van der Waals surface area contributed by atoms with E-state index in [1.165, 1.54) is 18.2 Å². The van der Waals surface area contributed by atoms with Crippen LogP contribution < -0.4 is 22.1 Å². The molecule has 1 unspecified atom stereocenters. The Morgan fingerprint density at radius 2 is 1.93 bits per heavy atom. The largest absolute Gasteiger partial charge is 0.396 e. The minimum atomic E-state index is -1.01. The van der Waals surface area contributed by atoms with Crippen molar-refractivity contribution < 1.29 is 19.1 Å². The van der Waals surface area contributed by atoms with E-state index >= 15 is 0 Å². The van der Waals surface area contributed by atoms with Gasteiger partial charge in [-0.25, -0.2) is 14.2 Å². The second-order valence-corrected chi connectivity index (χ2v) is 6.70. The number of hydrogen-bond donors (Lipinski definition) is 6. The van der Waals surface area contributed by atoms with Gasteiger partial charge in [0.1, 0.15) is 11.5 Å². The van der Waals surface area contributed by atoms with Gasteiger partial charge in [-0.1, -0.05) is 6.07 Å². The zero-order valence-corrected chi connectivity index (χ0v) is 15.9. The van der Waals surface area contributed by atoms with Gasteiger partial charge < -0.3 is 26.5 Å². The molecule has 30 heavy (non-hydrogen) atoms. The molecule has 7 N–H and O–H groups in total. The summed E-state index contributed by atoms with van der Waals surface area (Å²) in [5.41, 5.74) is 6.46. The van der Waals surface area contributed by atoms with E-state index in [0.717, 1.165) is 0 Å². The van der Waals surface area contributed by atoms with Crippen molar-refractivity contribution in [2.75, 3.05) is 18.8 Å². The molecule has 3 aromatic rings. The highest BCUT2D eigenvalue weighted by Gasteiger charge is 2.13. The lowest BCUT2D eigenvalue weighted by Gasteiger charge is -2.13. The van der Waals surface area contributed by atoms with Crippen LogP contribution in [0.25, 0.3) is 11.2 Å². The second kappa shape index (κ2) is 9.18. The van der Waals surface area contributed by atoms with Crippen LogP contribution in [0.4, 0.5) is 10.1 Å². The summed E-state index contributed by atoms with van der Waals surface area (Å²) < 4.78 is 13.4. The third-order valence-corrected chi connectivity index (χ3v) is 4.35. The van der Waals surface area contributed by atoms with Crippen molar-refractivity contribution in [2.45, 2.75) is 18.9 Å². The highest BCUT2D eigenvalue weighted by Crippen LogP contribution is 2.13. The number of halogens is 1. The molecule has 0 radical (unpaired) electrons. The number of aromatic nitrogens is 3. The van der Waals surface area contributed by atoms with Gasteiger partial charge in [0.2, 0.25) is 5.91 Å². The van der Waals surface area contributed by atoms with Crippen LogP contribution >= 0.6 is 0 Å². The average Bonchev–Trinajstić information content (AvgIpc) is 3.10. The first kappa shape index (κ1) is 21.0. The zero-order chi connectivity index (χ0) is 21.7. The predicted octanol–water partition coefficient (Wildman–Crippen LogP) is -0.188. The Labute approximate surface area is 169 Å². The molecule has 1 atom stereocenters. The van der Waals surface area contributed by atoms with Gasteiger partial charge in [0.05, 0.1) is 17.3 Å². The number of aliphatic hydroxyl groups is 1. The van der Waals surface area contributed by atoms with Crippen LogP contribution in [0.15, 0.2) is 35.1 Å². The fourth-order valence-electron chi connectivity index (χ4n) is 2.72. The molecule has 0 aliphatic carbocycles. The lowest BCUT2D eigenvalue weighted by molar-refractivity contribution is -0.121. The lowest BCUT2D eigenvalue weighted by Crippen LogP contribution is -2.40. The van der Waals surface area contributed by atoms with Crippen molar-refractivity contribution in [3.05, 3.63) is 57.9 Å². The number of nitrogens with zero attached hydrogens (tertiary/aromatic N) is 1. The summed E-state index contributed by atoms with van der Waals surface area (Å²) >= 11 is 0. The van der Waals surface area contributed by atoms with Crippen LogP contribution in [0.2, 0.25) is 0 Å². The summed E-state index contributed by atoms with van der Waals surface area (Å²) in [6, 6.07) is 7.34. The molecular formula is C19H21FN6O4. The monoisotopic (exact) mass is 416 g/mol. The van der Waals surface area contributed by atoms with E-state index < -0.39 is 23.5 Å². The number of aliphatic hydroxyl groups excluding tert-OH is 1. The van der Waals surface area contributed by atoms with E-state index in [4.69, 9.17) is 5.73 Å². The maximum absolute atomic E-state index is 13.4. The topological polar surface area (TPSA) is 166 Å². The number of nitrogen functional groups attached to an aromatic ring is 1. The first-order valence-corrected chi connectivity index (χ1v) is 9.17. The smallest absolute Gasteiger partial charge is 0.325 e.